The predicted octanol–water partition coefficient (Wildman–Crippen LogP) is 1.98. The lowest BCUT2D eigenvalue weighted by Gasteiger charge is -1.99. The fourth-order valence-electron chi connectivity index (χ4n) is 0.588. The molecular formula is C7H15NO2S. The van der Waals surface area contributed by atoms with Crippen molar-refractivity contribution in [1.29, 1.82) is 0 Å². The second kappa shape index (κ2) is 6.34. The van der Waals surface area contributed by atoms with Crippen molar-refractivity contribution in [1.82, 2.24) is 0 Å². The van der Waals surface area contributed by atoms with E-state index in [2.05, 4.69) is 9.10 Å². The number of hydrogen-bond donors (Lipinski definition) is 0. The summed E-state index contributed by atoms with van der Waals surface area (Å²) in [6, 6.07) is 0. The van der Waals surface area contributed by atoms with E-state index in [0.29, 0.717) is 6.61 Å². The second-order valence-corrected chi connectivity index (χ2v) is 4.09. The van der Waals surface area contributed by atoms with Gasteiger partial charge in [0.1, 0.15) is 0 Å². The monoisotopic (exact) mass is 177 g/mol. The summed E-state index contributed by atoms with van der Waals surface area (Å²) in [5.74, 6) is 1.85. The van der Waals surface area contributed by atoms with Crippen LogP contribution in [-0.4, -0.2) is 24.2 Å². The molecule has 0 aliphatic carbocycles. The molecule has 66 valence electrons. The third-order valence-corrected chi connectivity index (χ3v) is 2.88. The van der Waals surface area contributed by atoms with Crippen LogP contribution in [0.25, 0.3) is 0 Å². The Morgan fingerprint density at radius 3 is 2.27 bits per heavy atom. The van der Waals surface area contributed by atoms with Crippen LogP contribution < -0.4 is 0 Å². The number of ether oxygens (including phenoxy) is 1. The molecule has 0 N–H and O–H groups in total. The van der Waals surface area contributed by atoms with Crippen molar-refractivity contribution in [2.75, 3.05) is 18.1 Å². The number of amides is 1. The van der Waals surface area contributed by atoms with Crippen LogP contribution in [0.5, 0.6) is 0 Å². The molecule has 0 heterocycles. The van der Waals surface area contributed by atoms with Gasteiger partial charge in [-0.1, -0.05) is 24.5 Å². The smallest absolute Gasteiger partial charge is 0.439 e. The molecule has 0 unspecified atom stereocenters. The average Bonchev–Trinajstić information content (AvgIpc) is 2.01. The minimum Gasteiger partial charge on any atom is -0.448 e. The minimum absolute atomic E-state index is 0.120. The summed E-state index contributed by atoms with van der Waals surface area (Å²) in [5, 5.41) is 0. The molecule has 0 saturated carbocycles. The number of carbonyl (C=O) groups excluding carboxylic acids is 1. The summed E-state index contributed by atoms with van der Waals surface area (Å²) in [5.41, 5.74) is 0. The highest BCUT2D eigenvalue weighted by molar-refractivity contribution is 7.87. The Hall–Kier alpha value is -0.380. The molecule has 0 radical (unpaired) electrons. The van der Waals surface area contributed by atoms with Crippen LogP contribution in [0.2, 0.25) is 0 Å². The summed E-state index contributed by atoms with van der Waals surface area (Å²) in [7, 11) is -0.120. The van der Waals surface area contributed by atoms with E-state index in [1.54, 1.807) is 6.92 Å². The zero-order valence-corrected chi connectivity index (χ0v) is 8.11. The van der Waals surface area contributed by atoms with Gasteiger partial charge in [0, 0.05) is 11.5 Å². The molecule has 0 aromatic carbocycles. The Labute approximate surface area is 70.2 Å². The predicted molar refractivity (Wildman–Crippen MR) is 47.9 cm³/mol. The van der Waals surface area contributed by atoms with Crippen molar-refractivity contribution in [3.8, 4) is 0 Å². The molecule has 4 heteroatoms. The quantitative estimate of drug-likeness (QED) is 0.661. The Morgan fingerprint density at radius 1 is 1.36 bits per heavy atom. The highest BCUT2D eigenvalue weighted by atomic mass is 32.2. The van der Waals surface area contributed by atoms with Gasteiger partial charge in [0.15, 0.2) is 0 Å². The van der Waals surface area contributed by atoms with E-state index in [1.807, 2.05) is 13.8 Å². The normalized spacial score (nSPS) is 9.82. The van der Waals surface area contributed by atoms with Crippen molar-refractivity contribution >= 4 is 16.8 Å². The van der Waals surface area contributed by atoms with Gasteiger partial charge in [-0.3, -0.25) is 0 Å². The van der Waals surface area contributed by atoms with E-state index in [4.69, 9.17) is 0 Å². The Kier molecular flexibility index (Phi) is 6.12. The van der Waals surface area contributed by atoms with E-state index >= 15 is 0 Å². The van der Waals surface area contributed by atoms with Crippen molar-refractivity contribution < 1.29 is 9.53 Å². The molecule has 0 atom stereocenters. The summed E-state index contributed by atoms with van der Waals surface area (Å²) >= 11 is 0. The van der Waals surface area contributed by atoms with E-state index in [1.165, 1.54) is 0 Å². The summed E-state index contributed by atoms with van der Waals surface area (Å²) in [6.45, 7) is 6.24. The topological polar surface area (TPSA) is 38.7 Å². The van der Waals surface area contributed by atoms with Gasteiger partial charge >= 0.3 is 6.09 Å². The molecule has 0 rings (SSSR count). The Morgan fingerprint density at radius 2 is 1.91 bits per heavy atom. The van der Waals surface area contributed by atoms with Gasteiger partial charge in [-0.2, -0.15) is 4.36 Å². The first-order valence-corrected chi connectivity index (χ1v) is 5.32. The molecule has 0 bridgehead atoms. The molecule has 0 fully saturated rings. The highest BCUT2D eigenvalue weighted by Crippen LogP contribution is 1.92. The summed E-state index contributed by atoms with van der Waals surface area (Å²) < 4.78 is 8.55. The van der Waals surface area contributed by atoms with Crippen molar-refractivity contribution in [2.24, 2.45) is 4.36 Å². The van der Waals surface area contributed by atoms with Crippen LogP contribution in [0.3, 0.4) is 0 Å². The van der Waals surface area contributed by atoms with Crippen LogP contribution in [0.4, 0.5) is 4.79 Å². The Balaban J connectivity index is 3.93. The first kappa shape index (κ1) is 10.6. The maximum absolute atomic E-state index is 10.8. The summed E-state index contributed by atoms with van der Waals surface area (Å²) in [6.07, 6.45) is -0.417. The number of hydrogen-bond acceptors (Lipinski definition) is 2. The van der Waals surface area contributed by atoms with E-state index in [0.717, 1.165) is 11.5 Å². The average molecular weight is 177 g/mol. The number of carbonyl (C=O) groups is 1. The lowest BCUT2D eigenvalue weighted by atomic mass is 10.9. The SMILES string of the molecule is CCOC(=O)N=S(CC)CC. The van der Waals surface area contributed by atoms with E-state index in [9.17, 15) is 4.79 Å². The molecule has 3 nitrogen and oxygen atoms in total. The second-order valence-electron chi connectivity index (χ2n) is 1.83. The van der Waals surface area contributed by atoms with Gasteiger partial charge in [-0.05, 0) is 6.92 Å². The standard InChI is InChI=1S/C7H15NO2S/c1-4-10-7(9)8-11(5-2)6-3/h4-6H2,1-3H3. The van der Waals surface area contributed by atoms with Crippen LogP contribution >= 0.6 is 0 Å². The number of rotatable bonds is 3. The maximum atomic E-state index is 10.8. The lowest BCUT2D eigenvalue weighted by molar-refractivity contribution is 0.164. The summed E-state index contributed by atoms with van der Waals surface area (Å²) in [4.78, 5) is 10.8. The highest BCUT2D eigenvalue weighted by Gasteiger charge is 1.97. The van der Waals surface area contributed by atoms with Gasteiger partial charge in [-0.25, -0.2) is 4.79 Å². The Bertz CT molecular complexity index is 151. The maximum Gasteiger partial charge on any atom is 0.439 e. The molecule has 0 aromatic heterocycles. The van der Waals surface area contributed by atoms with Crippen LogP contribution in [0.1, 0.15) is 20.8 Å². The van der Waals surface area contributed by atoms with Crippen LogP contribution in [0.15, 0.2) is 4.36 Å². The molecule has 0 aliphatic heterocycles. The fourth-order valence-corrected chi connectivity index (χ4v) is 1.52. The molecule has 0 aliphatic rings. The van der Waals surface area contributed by atoms with Crippen molar-refractivity contribution in [2.45, 2.75) is 20.8 Å². The first-order valence-electron chi connectivity index (χ1n) is 3.80. The van der Waals surface area contributed by atoms with Gasteiger partial charge in [-0.15, -0.1) is 0 Å². The van der Waals surface area contributed by atoms with Gasteiger partial charge in [0.2, 0.25) is 0 Å². The number of nitrogens with zero attached hydrogens (tertiary/aromatic N) is 1. The molecule has 0 spiro atoms. The first-order chi connectivity index (χ1) is 5.24. The third kappa shape index (κ3) is 4.95. The van der Waals surface area contributed by atoms with Crippen LogP contribution in [-0.2, 0) is 15.4 Å². The fraction of sp³-hybridized carbons (Fsp3) is 0.857. The van der Waals surface area contributed by atoms with Crippen molar-refractivity contribution in [3.63, 3.8) is 0 Å². The molecule has 0 saturated heterocycles. The molecule has 0 aromatic rings. The van der Waals surface area contributed by atoms with Crippen molar-refractivity contribution in [3.05, 3.63) is 0 Å². The van der Waals surface area contributed by atoms with Gasteiger partial charge < -0.3 is 4.74 Å². The minimum atomic E-state index is -0.417. The largest absolute Gasteiger partial charge is 0.448 e. The zero-order chi connectivity index (χ0) is 8.69. The third-order valence-electron chi connectivity index (χ3n) is 1.14. The van der Waals surface area contributed by atoms with Crippen LogP contribution in [0, 0.1) is 0 Å². The van der Waals surface area contributed by atoms with E-state index in [-0.39, 0.29) is 10.7 Å². The zero-order valence-electron chi connectivity index (χ0n) is 7.29. The van der Waals surface area contributed by atoms with Gasteiger partial charge in [0.25, 0.3) is 0 Å². The molecular weight excluding hydrogens is 162 g/mol. The lowest BCUT2D eigenvalue weighted by Crippen LogP contribution is -2.03. The molecule has 1 amide bonds. The van der Waals surface area contributed by atoms with E-state index < -0.39 is 6.09 Å². The molecule has 11 heavy (non-hydrogen) atoms. The van der Waals surface area contributed by atoms with Gasteiger partial charge in [0.05, 0.1) is 6.61 Å².